The number of nitro benzene ring substituents is 1. The summed E-state index contributed by atoms with van der Waals surface area (Å²) < 4.78 is 0. The summed E-state index contributed by atoms with van der Waals surface area (Å²) in [5, 5.41) is 12.3. The van der Waals surface area contributed by atoms with Gasteiger partial charge in [-0.1, -0.05) is 6.07 Å². The van der Waals surface area contributed by atoms with Crippen LogP contribution < -0.4 is 5.32 Å². The lowest BCUT2D eigenvalue weighted by atomic mass is 10.3. The van der Waals surface area contributed by atoms with Gasteiger partial charge in [0.15, 0.2) is 5.37 Å². The molecule has 1 aliphatic rings. The zero-order valence-corrected chi connectivity index (χ0v) is 11.7. The Morgan fingerprint density at radius 2 is 2.20 bits per heavy atom. The Morgan fingerprint density at radius 3 is 2.85 bits per heavy atom. The number of nitro groups is 1. The van der Waals surface area contributed by atoms with Gasteiger partial charge >= 0.3 is 0 Å². The number of thioether (sulfide) groups is 1. The number of benzene rings is 1. The van der Waals surface area contributed by atoms with Crippen LogP contribution in [0.3, 0.4) is 0 Å². The van der Waals surface area contributed by atoms with Crippen molar-refractivity contribution in [2.75, 3.05) is 17.7 Å². The van der Waals surface area contributed by atoms with Crippen molar-refractivity contribution in [2.45, 2.75) is 5.37 Å². The first-order chi connectivity index (χ1) is 9.52. The van der Waals surface area contributed by atoms with Gasteiger partial charge in [-0.2, -0.15) is 0 Å². The molecule has 0 aromatic heterocycles. The molecule has 2 rings (SSSR count). The predicted molar refractivity (Wildman–Crippen MR) is 75.9 cm³/mol. The van der Waals surface area contributed by atoms with Gasteiger partial charge < -0.3 is 5.32 Å². The average molecular weight is 316 g/mol. The van der Waals surface area contributed by atoms with E-state index in [-0.39, 0.29) is 23.4 Å². The molecule has 2 amide bonds. The topological polar surface area (TPSA) is 92.5 Å². The van der Waals surface area contributed by atoms with E-state index < -0.39 is 16.2 Å². The van der Waals surface area contributed by atoms with E-state index in [1.54, 1.807) is 6.07 Å². The van der Waals surface area contributed by atoms with E-state index in [1.807, 2.05) is 0 Å². The summed E-state index contributed by atoms with van der Waals surface area (Å²) in [6.45, 7) is 0.152. The lowest BCUT2D eigenvalue weighted by molar-refractivity contribution is -0.384. The highest BCUT2D eigenvalue weighted by atomic mass is 35.5. The van der Waals surface area contributed by atoms with Crippen LogP contribution in [0.15, 0.2) is 24.3 Å². The summed E-state index contributed by atoms with van der Waals surface area (Å²) in [5.74, 6) is -0.228. The van der Waals surface area contributed by atoms with Crippen molar-refractivity contribution >= 4 is 45.9 Å². The number of amides is 2. The molecule has 0 bridgehead atoms. The number of imide groups is 1. The molecule has 0 aliphatic carbocycles. The maximum atomic E-state index is 12.0. The van der Waals surface area contributed by atoms with Crippen LogP contribution in [0.1, 0.15) is 0 Å². The number of carbonyl (C=O) groups is 2. The van der Waals surface area contributed by atoms with Crippen molar-refractivity contribution in [2.24, 2.45) is 0 Å². The monoisotopic (exact) mass is 315 g/mol. The van der Waals surface area contributed by atoms with E-state index in [0.29, 0.717) is 5.69 Å². The highest BCUT2D eigenvalue weighted by Gasteiger charge is 2.39. The third-order valence-electron chi connectivity index (χ3n) is 2.59. The number of hydrogen-bond donors (Lipinski definition) is 1. The summed E-state index contributed by atoms with van der Waals surface area (Å²) in [7, 11) is 0. The van der Waals surface area contributed by atoms with Gasteiger partial charge in [-0.25, -0.2) is 0 Å². The van der Waals surface area contributed by atoms with Crippen molar-refractivity contribution in [3.8, 4) is 0 Å². The Balaban J connectivity index is 2.11. The van der Waals surface area contributed by atoms with E-state index in [1.165, 1.54) is 18.2 Å². The maximum absolute atomic E-state index is 12.0. The quantitative estimate of drug-likeness (QED) is 0.509. The molecule has 1 aromatic carbocycles. The summed E-state index contributed by atoms with van der Waals surface area (Å²) >= 11 is 6.35. The molecule has 0 radical (unpaired) electrons. The minimum absolute atomic E-state index is 0.0885. The molecule has 20 heavy (non-hydrogen) atoms. The molecular weight excluding hydrogens is 306 g/mol. The Bertz CT molecular complexity index is 568. The van der Waals surface area contributed by atoms with Gasteiger partial charge in [-0.15, -0.1) is 11.6 Å². The predicted octanol–water partition coefficient (Wildman–Crippen LogP) is 2.27. The molecule has 1 N–H and O–H groups in total. The first-order valence-corrected chi connectivity index (χ1v) is 7.03. The second kappa shape index (κ2) is 6.10. The summed E-state index contributed by atoms with van der Waals surface area (Å²) in [6.07, 6.45) is 0. The van der Waals surface area contributed by atoms with Crippen molar-refractivity contribution in [3.05, 3.63) is 34.4 Å². The Labute approximate surface area is 123 Å². The largest absolute Gasteiger partial charge is 0.365 e. The van der Waals surface area contributed by atoms with Gasteiger partial charge in [0.25, 0.3) is 16.8 Å². The van der Waals surface area contributed by atoms with Gasteiger partial charge in [0.2, 0.25) is 0 Å². The lowest BCUT2D eigenvalue weighted by Crippen LogP contribution is -2.35. The fourth-order valence-corrected chi connectivity index (χ4v) is 2.79. The fourth-order valence-electron chi connectivity index (χ4n) is 1.68. The van der Waals surface area contributed by atoms with Crippen LogP contribution in [0.4, 0.5) is 16.2 Å². The van der Waals surface area contributed by atoms with Gasteiger partial charge in [0.1, 0.15) is 0 Å². The third-order valence-corrected chi connectivity index (χ3v) is 3.74. The molecule has 7 nitrogen and oxygen atoms in total. The number of non-ortho nitro benzene ring substituents is 1. The maximum Gasteiger partial charge on any atom is 0.290 e. The van der Waals surface area contributed by atoms with Crippen molar-refractivity contribution in [1.82, 2.24) is 4.90 Å². The Hall–Kier alpha value is -1.80. The van der Waals surface area contributed by atoms with E-state index in [9.17, 15) is 19.7 Å². The van der Waals surface area contributed by atoms with Gasteiger partial charge in [-0.3, -0.25) is 24.6 Å². The number of carbonyl (C=O) groups excluding carboxylic acids is 2. The number of halogens is 1. The lowest BCUT2D eigenvalue weighted by Gasteiger charge is -2.13. The minimum Gasteiger partial charge on any atom is -0.365 e. The highest BCUT2D eigenvalue weighted by Crippen LogP contribution is 2.29. The van der Waals surface area contributed by atoms with Crippen molar-refractivity contribution in [3.63, 3.8) is 0 Å². The highest BCUT2D eigenvalue weighted by molar-refractivity contribution is 8.15. The number of nitrogens with zero attached hydrogens (tertiary/aromatic N) is 2. The van der Waals surface area contributed by atoms with E-state index in [0.717, 1.165) is 16.7 Å². The molecule has 0 unspecified atom stereocenters. The van der Waals surface area contributed by atoms with Crippen LogP contribution in [-0.4, -0.2) is 38.8 Å². The molecule has 1 heterocycles. The average Bonchev–Trinajstić information content (AvgIpc) is 2.67. The van der Waals surface area contributed by atoms with Gasteiger partial charge in [0, 0.05) is 30.2 Å². The third kappa shape index (κ3) is 3.02. The number of rotatable bonds is 5. The van der Waals surface area contributed by atoms with Crippen LogP contribution in [0.2, 0.25) is 0 Å². The Morgan fingerprint density at radius 1 is 1.45 bits per heavy atom. The molecule has 1 saturated heterocycles. The molecular formula is C11H10ClN3O4S. The van der Waals surface area contributed by atoms with Crippen LogP contribution in [-0.2, 0) is 4.79 Å². The second-order valence-corrected chi connectivity index (χ2v) is 5.33. The van der Waals surface area contributed by atoms with Crippen molar-refractivity contribution in [1.29, 1.82) is 0 Å². The van der Waals surface area contributed by atoms with E-state index in [4.69, 9.17) is 11.6 Å². The number of alkyl halides is 1. The first-order valence-electron chi connectivity index (χ1n) is 5.62. The van der Waals surface area contributed by atoms with Gasteiger partial charge in [-0.05, 0) is 17.8 Å². The first kappa shape index (κ1) is 14.6. The Kier molecular flexibility index (Phi) is 4.46. The van der Waals surface area contributed by atoms with Crippen LogP contribution in [0.5, 0.6) is 0 Å². The molecule has 0 saturated carbocycles. The summed E-state index contributed by atoms with van der Waals surface area (Å²) in [5.41, 5.74) is 0.319. The van der Waals surface area contributed by atoms with E-state index >= 15 is 0 Å². The zero-order chi connectivity index (χ0) is 14.7. The molecule has 0 spiro atoms. The number of nitrogens with one attached hydrogen (secondary N) is 1. The minimum atomic E-state index is -0.785. The van der Waals surface area contributed by atoms with E-state index in [2.05, 4.69) is 5.32 Å². The molecule has 1 aliphatic heterocycles. The SMILES string of the molecule is O=C1S[C@@H](Nc2cccc([N+](=O)[O-])c2)C(=O)N1CCCl. The molecule has 106 valence electrons. The number of anilines is 1. The standard InChI is InChI=1S/C11H10ClN3O4S/c12-4-5-14-10(16)9(20-11(14)17)13-7-2-1-3-8(6-7)15(18)19/h1-3,6,9,13H,4-5H2/t9-/m1/s1. The smallest absolute Gasteiger partial charge is 0.290 e. The molecule has 1 atom stereocenters. The second-order valence-electron chi connectivity index (χ2n) is 3.89. The zero-order valence-electron chi connectivity index (χ0n) is 10.1. The molecule has 1 aromatic rings. The van der Waals surface area contributed by atoms with Crippen LogP contribution in [0, 0.1) is 10.1 Å². The fraction of sp³-hybridized carbons (Fsp3) is 0.273. The number of hydrogen-bond acceptors (Lipinski definition) is 6. The van der Waals surface area contributed by atoms with Crippen LogP contribution >= 0.6 is 23.4 Å². The summed E-state index contributed by atoms with van der Waals surface area (Å²) in [4.78, 5) is 34.8. The van der Waals surface area contributed by atoms with Crippen LogP contribution in [0.25, 0.3) is 0 Å². The normalized spacial score (nSPS) is 18.4. The summed E-state index contributed by atoms with van der Waals surface area (Å²) in [6, 6.07) is 5.75. The molecule has 1 fully saturated rings. The van der Waals surface area contributed by atoms with Gasteiger partial charge in [0.05, 0.1) is 4.92 Å². The van der Waals surface area contributed by atoms with Crippen molar-refractivity contribution < 1.29 is 14.5 Å². The molecule has 9 heteroatoms.